The lowest BCUT2D eigenvalue weighted by Gasteiger charge is -2.05. The van der Waals surface area contributed by atoms with Gasteiger partial charge in [0.25, 0.3) is 0 Å². The Bertz CT molecular complexity index is 658. The van der Waals surface area contributed by atoms with Gasteiger partial charge in [-0.05, 0) is 42.2 Å². The summed E-state index contributed by atoms with van der Waals surface area (Å²) in [4.78, 5) is 16.2. The second kappa shape index (κ2) is 5.74. The van der Waals surface area contributed by atoms with Crippen molar-refractivity contribution in [1.82, 2.24) is 4.98 Å². The molecular weight excluding hydrogens is 288 g/mol. The minimum atomic E-state index is -0.00872. The van der Waals surface area contributed by atoms with Crippen molar-refractivity contribution in [1.29, 1.82) is 0 Å². The lowest BCUT2D eigenvalue weighted by molar-refractivity contribution is -0.117. The molecule has 1 heterocycles. The lowest BCUT2D eigenvalue weighted by atomic mass is 10.1. The Morgan fingerprint density at radius 2 is 2.05 bits per heavy atom. The van der Waals surface area contributed by atoms with Crippen molar-refractivity contribution in [3.05, 3.63) is 53.2 Å². The summed E-state index contributed by atoms with van der Waals surface area (Å²) in [5.41, 5.74) is 1.16. The number of rotatable bonds is 4. The van der Waals surface area contributed by atoms with E-state index < -0.39 is 0 Å². The van der Waals surface area contributed by atoms with Crippen LogP contribution in [0.3, 0.4) is 0 Å². The zero-order valence-corrected chi connectivity index (χ0v) is 12.3. The van der Waals surface area contributed by atoms with Crippen LogP contribution >= 0.6 is 11.6 Å². The van der Waals surface area contributed by atoms with Crippen LogP contribution in [0, 0.1) is 5.92 Å². The fraction of sp³-hybridized carbons (Fsp3) is 0.250. The van der Waals surface area contributed by atoms with Crippen molar-refractivity contribution in [2.24, 2.45) is 5.92 Å². The summed E-state index contributed by atoms with van der Waals surface area (Å²) in [6.07, 6.45) is 0.860. The molecule has 0 aliphatic heterocycles. The van der Waals surface area contributed by atoms with Gasteiger partial charge in [-0.25, -0.2) is 4.98 Å². The molecule has 0 spiro atoms. The second-order valence-electron chi connectivity index (χ2n) is 5.06. The van der Waals surface area contributed by atoms with E-state index in [1.165, 1.54) is 0 Å². The third kappa shape index (κ3) is 3.16. The highest BCUT2D eigenvalue weighted by Crippen LogP contribution is 2.48. The Hall–Kier alpha value is -2.07. The van der Waals surface area contributed by atoms with E-state index in [1.54, 1.807) is 25.3 Å². The normalized spacial score (nSPS) is 19.9. The Balaban J connectivity index is 1.62. The van der Waals surface area contributed by atoms with Gasteiger partial charge < -0.3 is 10.1 Å². The summed E-state index contributed by atoms with van der Waals surface area (Å²) in [7, 11) is 1.64. The molecule has 1 fully saturated rings. The predicted molar refractivity (Wildman–Crippen MR) is 81.7 cm³/mol. The molecule has 1 saturated carbocycles. The van der Waals surface area contributed by atoms with Crippen molar-refractivity contribution < 1.29 is 9.53 Å². The van der Waals surface area contributed by atoms with Gasteiger partial charge in [0.15, 0.2) is 0 Å². The molecule has 21 heavy (non-hydrogen) atoms. The van der Waals surface area contributed by atoms with Crippen LogP contribution in [0.5, 0.6) is 5.75 Å². The Labute approximate surface area is 128 Å². The van der Waals surface area contributed by atoms with E-state index in [0.29, 0.717) is 11.0 Å². The molecule has 2 aromatic rings. The molecule has 1 aromatic carbocycles. The average Bonchev–Trinajstić information content (AvgIpc) is 3.28. The van der Waals surface area contributed by atoms with Gasteiger partial charge in [0.05, 0.1) is 7.11 Å². The number of aromatic nitrogens is 1. The van der Waals surface area contributed by atoms with Crippen LogP contribution in [0.2, 0.25) is 5.15 Å². The number of nitrogens with zero attached hydrogens (tertiary/aromatic N) is 1. The summed E-state index contributed by atoms with van der Waals surface area (Å²) in [6.45, 7) is 0. The van der Waals surface area contributed by atoms with Gasteiger partial charge >= 0.3 is 0 Å². The van der Waals surface area contributed by atoms with E-state index in [1.807, 2.05) is 24.3 Å². The molecule has 108 valence electrons. The summed E-state index contributed by atoms with van der Waals surface area (Å²) in [6, 6.07) is 13.0. The predicted octanol–water partition coefficient (Wildman–Crippen LogP) is 3.49. The van der Waals surface area contributed by atoms with E-state index in [9.17, 15) is 4.79 Å². The molecule has 2 atom stereocenters. The molecule has 4 nitrogen and oxygen atoms in total. The number of pyridine rings is 1. The molecule has 1 aliphatic rings. The van der Waals surface area contributed by atoms with Crippen LogP contribution in [0.15, 0.2) is 42.5 Å². The highest BCUT2D eigenvalue weighted by molar-refractivity contribution is 6.29. The first-order valence-electron chi connectivity index (χ1n) is 6.75. The Morgan fingerprint density at radius 1 is 1.29 bits per heavy atom. The number of nitrogens with one attached hydrogen (secondary N) is 1. The number of methoxy groups -OCH3 is 1. The Kier molecular flexibility index (Phi) is 3.80. The third-order valence-electron chi connectivity index (χ3n) is 3.64. The smallest absolute Gasteiger partial charge is 0.229 e. The van der Waals surface area contributed by atoms with Crippen LogP contribution in [-0.4, -0.2) is 18.0 Å². The molecule has 0 bridgehead atoms. The minimum absolute atomic E-state index is 0.000762. The number of hydrogen-bond acceptors (Lipinski definition) is 3. The molecule has 1 aromatic heterocycles. The van der Waals surface area contributed by atoms with Gasteiger partial charge in [0.2, 0.25) is 5.91 Å². The fourth-order valence-electron chi connectivity index (χ4n) is 2.40. The molecule has 1 N–H and O–H groups in total. The molecule has 5 heteroatoms. The van der Waals surface area contributed by atoms with Crippen LogP contribution in [-0.2, 0) is 4.79 Å². The van der Waals surface area contributed by atoms with Crippen LogP contribution in [0.25, 0.3) is 0 Å². The topological polar surface area (TPSA) is 51.2 Å². The quantitative estimate of drug-likeness (QED) is 0.880. The molecule has 1 aliphatic carbocycles. The lowest BCUT2D eigenvalue weighted by Crippen LogP contribution is -2.15. The number of amides is 1. The maximum absolute atomic E-state index is 12.2. The maximum atomic E-state index is 12.2. The molecule has 0 saturated heterocycles. The van der Waals surface area contributed by atoms with Gasteiger partial charge in [-0.1, -0.05) is 29.8 Å². The summed E-state index contributed by atoms with van der Waals surface area (Å²) < 4.78 is 5.13. The van der Waals surface area contributed by atoms with E-state index in [0.717, 1.165) is 17.7 Å². The molecule has 1 amide bonds. The number of ether oxygens (including phenoxy) is 1. The molecule has 2 unspecified atom stereocenters. The SMILES string of the molecule is COc1ccc(C2CC2C(=O)Nc2cccc(Cl)n2)cc1. The average molecular weight is 303 g/mol. The number of carbonyl (C=O) groups excluding carboxylic acids is 1. The van der Waals surface area contributed by atoms with E-state index in [2.05, 4.69) is 10.3 Å². The summed E-state index contributed by atoms with van der Waals surface area (Å²) in [5.74, 6) is 1.58. The summed E-state index contributed by atoms with van der Waals surface area (Å²) >= 11 is 5.80. The number of hydrogen-bond donors (Lipinski definition) is 1. The van der Waals surface area contributed by atoms with Crippen molar-refractivity contribution in [3.8, 4) is 5.75 Å². The van der Waals surface area contributed by atoms with E-state index >= 15 is 0 Å². The second-order valence-corrected chi connectivity index (χ2v) is 5.44. The summed E-state index contributed by atoms with van der Waals surface area (Å²) in [5, 5.41) is 3.18. The first-order valence-corrected chi connectivity index (χ1v) is 7.12. The largest absolute Gasteiger partial charge is 0.497 e. The fourth-order valence-corrected chi connectivity index (χ4v) is 2.56. The molecule has 0 radical (unpaired) electrons. The molecule has 3 rings (SSSR count). The first kappa shape index (κ1) is 13.9. The monoisotopic (exact) mass is 302 g/mol. The van der Waals surface area contributed by atoms with Gasteiger partial charge in [-0.15, -0.1) is 0 Å². The maximum Gasteiger partial charge on any atom is 0.229 e. The van der Waals surface area contributed by atoms with E-state index in [-0.39, 0.29) is 17.7 Å². The number of benzene rings is 1. The standard InChI is InChI=1S/C16H15ClN2O2/c1-21-11-7-5-10(6-8-11)12-9-13(12)16(20)19-15-4-2-3-14(17)18-15/h2-8,12-13H,9H2,1H3,(H,18,19,20). The highest BCUT2D eigenvalue weighted by atomic mass is 35.5. The third-order valence-corrected chi connectivity index (χ3v) is 3.85. The van der Waals surface area contributed by atoms with Crippen LogP contribution in [0.1, 0.15) is 17.9 Å². The first-order chi connectivity index (χ1) is 10.2. The van der Waals surface area contributed by atoms with Gasteiger partial charge in [0, 0.05) is 5.92 Å². The zero-order valence-electron chi connectivity index (χ0n) is 11.5. The number of anilines is 1. The van der Waals surface area contributed by atoms with Crippen molar-refractivity contribution in [2.75, 3.05) is 12.4 Å². The van der Waals surface area contributed by atoms with Crippen molar-refractivity contribution in [3.63, 3.8) is 0 Å². The van der Waals surface area contributed by atoms with E-state index in [4.69, 9.17) is 16.3 Å². The Morgan fingerprint density at radius 3 is 2.71 bits per heavy atom. The molecular formula is C16H15ClN2O2. The zero-order chi connectivity index (χ0) is 14.8. The van der Waals surface area contributed by atoms with Gasteiger partial charge in [-0.2, -0.15) is 0 Å². The van der Waals surface area contributed by atoms with Crippen LogP contribution < -0.4 is 10.1 Å². The number of halogens is 1. The van der Waals surface area contributed by atoms with Gasteiger partial charge in [-0.3, -0.25) is 4.79 Å². The highest BCUT2D eigenvalue weighted by Gasteiger charge is 2.44. The minimum Gasteiger partial charge on any atom is -0.497 e. The number of carbonyl (C=O) groups is 1. The van der Waals surface area contributed by atoms with Gasteiger partial charge in [0.1, 0.15) is 16.7 Å². The van der Waals surface area contributed by atoms with Crippen molar-refractivity contribution in [2.45, 2.75) is 12.3 Å². The van der Waals surface area contributed by atoms with Crippen LogP contribution in [0.4, 0.5) is 5.82 Å². The van der Waals surface area contributed by atoms with Crippen molar-refractivity contribution >= 4 is 23.3 Å².